The number of nitrogen functional groups attached to an aromatic ring is 2. The molecule has 0 saturated carbocycles. The Morgan fingerprint density at radius 3 is 1.74 bits per heavy atom. The molecule has 2 aromatic rings. The van der Waals surface area contributed by atoms with Gasteiger partial charge in [-0.25, -0.2) is 13.1 Å². The molecule has 0 radical (unpaired) electrons. The maximum atomic E-state index is 12.1. The van der Waals surface area contributed by atoms with Gasteiger partial charge in [0.15, 0.2) is 0 Å². The Bertz CT molecular complexity index is 1120. The molecular weight excluding hydrogens is 564 g/mol. The van der Waals surface area contributed by atoms with Gasteiger partial charge in [0.25, 0.3) is 10.0 Å². The number of benzene rings is 2. The summed E-state index contributed by atoms with van der Waals surface area (Å²) in [4.78, 5) is 12.0. The van der Waals surface area contributed by atoms with Crippen LogP contribution in [0.1, 0.15) is 117 Å². The summed E-state index contributed by atoms with van der Waals surface area (Å²) < 4.78 is 31.4. The lowest BCUT2D eigenvalue weighted by Crippen LogP contribution is -2.30. The van der Waals surface area contributed by atoms with Crippen molar-refractivity contribution in [3.63, 3.8) is 0 Å². The van der Waals surface area contributed by atoms with Crippen molar-refractivity contribution in [2.75, 3.05) is 23.9 Å². The van der Waals surface area contributed by atoms with E-state index in [1.54, 1.807) is 32.2 Å². The molecule has 2 aromatic carbocycles. The Kier molecular flexibility index (Phi) is 19.9. The zero-order chi connectivity index (χ0) is 31.9. The number of aliphatic hydroxyl groups is 1. The predicted molar refractivity (Wildman–Crippen MR) is 178 cm³/mol. The van der Waals surface area contributed by atoms with E-state index < -0.39 is 22.2 Å². The number of aliphatic hydroxyl groups excluding tert-OH is 1. The average Bonchev–Trinajstić information content (AvgIpc) is 2.95. The van der Waals surface area contributed by atoms with Gasteiger partial charge in [0.1, 0.15) is 12.0 Å². The molecule has 0 bridgehead atoms. The molecule has 2 rings (SSSR count). The smallest absolute Gasteiger partial charge is 0.264 e. The van der Waals surface area contributed by atoms with Crippen LogP contribution in [0.5, 0.6) is 5.75 Å². The van der Waals surface area contributed by atoms with Crippen LogP contribution < -0.4 is 26.2 Å². The van der Waals surface area contributed by atoms with Gasteiger partial charge in [-0.1, -0.05) is 96.8 Å². The summed E-state index contributed by atoms with van der Waals surface area (Å²) in [5.74, 6) is 0.192. The molecule has 244 valence electrons. The lowest BCUT2D eigenvalue weighted by atomic mass is 10.0. The van der Waals surface area contributed by atoms with Crippen LogP contribution in [0.3, 0.4) is 0 Å². The second-order valence-electron chi connectivity index (χ2n) is 11.1. The molecular formula is C33H56N4O5S. The van der Waals surface area contributed by atoms with Crippen LogP contribution in [-0.4, -0.2) is 32.8 Å². The molecule has 0 aliphatic heterocycles. The van der Waals surface area contributed by atoms with Gasteiger partial charge < -0.3 is 26.6 Å². The number of methoxy groups -OCH3 is 1. The van der Waals surface area contributed by atoms with Gasteiger partial charge >= 0.3 is 0 Å². The minimum atomic E-state index is -3.80. The third-order valence-electron chi connectivity index (χ3n) is 7.05. The van der Waals surface area contributed by atoms with E-state index >= 15 is 0 Å². The van der Waals surface area contributed by atoms with Crippen LogP contribution in [0.4, 0.5) is 17.1 Å². The van der Waals surface area contributed by atoms with Crippen molar-refractivity contribution < 1.29 is 23.1 Å². The molecule has 0 aromatic heterocycles. The van der Waals surface area contributed by atoms with E-state index in [9.17, 15) is 13.2 Å². The summed E-state index contributed by atoms with van der Waals surface area (Å²) in [5.41, 5.74) is 13.0. The van der Waals surface area contributed by atoms with E-state index in [1.807, 2.05) is 0 Å². The molecule has 1 unspecified atom stereocenters. The normalized spacial score (nSPS) is 11.7. The van der Waals surface area contributed by atoms with Crippen LogP contribution in [-0.2, 0) is 14.8 Å². The minimum Gasteiger partial charge on any atom is -0.495 e. The highest BCUT2D eigenvalue weighted by Gasteiger charge is 2.16. The number of unbranched alkanes of at least 4 members (excludes halogenated alkanes) is 14. The number of hydrogen-bond acceptors (Lipinski definition) is 8. The van der Waals surface area contributed by atoms with Crippen LogP contribution in [0, 0.1) is 0 Å². The van der Waals surface area contributed by atoms with Crippen LogP contribution in [0.15, 0.2) is 47.4 Å². The summed E-state index contributed by atoms with van der Waals surface area (Å²) in [6.45, 7) is 3.90. The predicted octanol–water partition coefficient (Wildman–Crippen LogP) is 7.36. The van der Waals surface area contributed by atoms with Crippen molar-refractivity contribution >= 4 is 33.0 Å². The SMILES string of the molecule is CCCCCCCCCCCCCCCCCC(=O)NS(=O)(=O)c1ccc(N)cc1.COc1ccc(NC(C)O)cc1N. The van der Waals surface area contributed by atoms with Crippen LogP contribution >= 0.6 is 0 Å². The molecule has 0 spiro atoms. The molecule has 10 heteroatoms. The van der Waals surface area contributed by atoms with Gasteiger partial charge in [0.05, 0.1) is 17.7 Å². The van der Waals surface area contributed by atoms with Crippen LogP contribution in [0.25, 0.3) is 0 Å². The fraction of sp³-hybridized carbons (Fsp3) is 0.606. The largest absolute Gasteiger partial charge is 0.495 e. The van der Waals surface area contributed by atoms with E-state index in [1.165, 1.54) is 101 Å². The molecule has 0 aliphatic carbocycles. The summed E-state index contributed by atoms with van der Waals surface area (Å²) >= 11 is 0. The van der Waals surface area contributed by atoms with Crippen molar-refractivity contribution in [2.24, 2.45) is 0 Å². The molecule has 1 amide bonds. The number of sulfonamides is 1. The summed E-state index contributed by atoms with van der Waals surface area (Å²) in [7, 11) is -2.24. The van der Waals surface area contributed by atoms with E-state index in [2.05, 4.69) is 17.0 Å². The quantitative estimate of drug-likeness (QED) is 0.0550. The lowest BCUT2D eigenvalue weighted by molar-refractivity contribution is -0.119. The average molecular weight is 621 g/mol. The molecule has 0 heterocycles. The van der Waals surface area contributed by atoms with Gasteiger partial charge in [0.2, 0.25) is 5.91 Å². The lowest BCUT2D eigenvalue weighted by Gasteiger charge is -2.11. The minimum absolute atomic E-state index is 0.0570. The Morgan fingerprint density at radius 1 is 0.814 bits per heavy atom. The first-order valence-electron chi connectivity index (χ1n) is 15.9. The molecule has 0 aliphatic rings. The number of rotatable bonds is 21. The Hall–Kier alpha value is -2.98. The van der Waals surface area contributed by atoms with E-state index in [-0.39, 0.29) is 11.3 Å². The molecule has 43 heavy (non-hydrogen) atoms. The van der Waals surface area contributed by atoms with E-state index in [0.717, 1.165) is 24.9 Å². The Morgan fingerprint density at radius 2 is 1.30 bits per heavy atom. The molecule has 9 nitrogen and oxygen atoms in total. The van der Waals surface area contributed by atoms with Gasteiger partial charge in [-0.15, -0.1) is 0 Å². The maximum Gasteiger partial charge on any atom is 0.264 e. The van der Waals surface area contributed by atoms with E-state index in [0.29, 0.717) is 17.1 Å². The van der Waals surface area contributed by atoms with Crippen molar-refractivity contribution in [3.8, 4) is 5.75 Å². The first-order valence-corrected chi connectivity index (χ1v) is 17.4. The standard InChI is InChI=1S/C24H42N2O3S.C9H14N2O2/c1-2-3-4-5-6-7-8-9-10-11-12-13-14-15-16-17-24(27)26-30(28,29)23-20-18-22(25)19-21-23;1-6(12)11-7-3-4-9(13-2)8(10)5-7/h18-21H,2-17,25H2,1H3,(H,26,27);3-6,11-12H,10H2,1-2H3. The van der Waals surface area contributed by atoms with Crippen molar-refractivity contribution in [1.29, 1.82) is 0 Å². The second kappa shape index (κ2) is 22.5. The third-order valence-corrected chi connectivity index (χ3v) is 8.44. The first kappa shape index (κ1) is 38.0. The fourth-order valence-electron chi connectivity index (χ4n) is 4.63. The Balaban J connectivity index is 0.000000589. The zero-order valence-electron chi connectivity index (χ0n) is 26.6. The van der Waals surface area contributed by atoms with Crippen molar-refractivity contribution in [2.45, 2.75) is 128 Å². The maximum absolute atomic E-state index is 12.1. The number of hydrogen-bond donors (Lipinski definition) is 5. The van der Waals surface area contributed by atoms with Gasteiger partial charge in [-0.3, -0.25) is 4.79 Å². The number of amides is 1. The molecule has 0 saturated heterocycles. The number of anilines is 3. The van der Waals surface area contributed by atoms with Gasteiger partial charge in [0, 0.05) is 17.8 Å². The number of carbonyl (C=O) groups excluding carboxylic acids is 1. The first-order chi connectivity index (χ1) is 20.6. The van der Waals surface area contributed by atoms with Crippen molar-refractivity contribution in [3.05, 3.63) is 42.5 Å². The second-order valence-corrected chi connectivity index (χ2v) is 12.8. The summed E-state index contributed by atoms with van der Waals surface area (Å²) in [5, 5.41) is 11.9. The van der Waals surface area contributed by atoms with Crippen LogP contribution in [0.2, 0.25) is 0 Å². The molecule has 1 atom stereocenters. The molecule has 0 fully saturated rings. The molecule has 7 N–H and O–H groups in total. The third kappa shape index (κ3) is 18.3. The monoisotopic (exact) mass is 620 g/mol. The Labute approximate surface area is 260 Å². The van der Waals surface area contributed by atoms with Crippen molar-refractivity contribution in [1.82, 2.24) is 4.72 Å². The van der Waals surface area contributed by atoms with Gasteiger partial charge in [-0.2, -0.15) is 0 Å². The fourth-order valence-corrected chi connectivity index (χ4v) is 5.64. The zero-order valence-corrected chi connectivity index (χ0v) is 27.4. The van der Waals surface area contributed by atoms with Gasteiger partial charge in [-0.05, 0) is 55.8 Å². The number of ether oxygens (including phenoxy) is 1. The van der Waals surface area contributed by atoms with E-state index in [4.69, 9.17) is 21.3 Å². The highest BCUT2D eigenvalue weighted by molar-refractivity contribution is 7.90. The number of nitrogens with two attached hydrogens (primary N) is 2. The number of carbonyl (C=O) groups is 1. The summed E-state index contributed by atoms with van der Waals surface area (Å²) in [6.07, 6.45) is 18.6. The number of nitrogens with one attached hydrogen (secondary N) is 2. The summed E-state index contributed by atoms with van der Waals surface area (Å²) in [6, 6.07) is 11.1. The topological polar surface area (TPSA) is 157 Å². The highest BCUT2D eigenvalue weighted by atomic mass is 32.2. The highest BCUT2D eigenvalue weighted by Crippen LogP contribution is 2.24.